The van der Waals surface area contributed by atoms with Crippen molar-refractivity contribution in [1.29, 1.82) is 0 Å². The zero-order chi connectivity index (χ0) is 14.7. The number of hydrogen-bond donors (Lipinski definition) is 1. The van der Waals surface area contributed by atoms with Gasteiger partial charge in [0, 0.05) is 18.0 Å². The van der Waals surface area contributed by atoms with Crippen LogP contribution in [0.3, 0.4) is 0 Å². The predicted octanol–water partition coefficient (Wildman–Crippen LogP) is 1.03. The summed E-state index contributed by atoms with van der Waals surface area (Å²) in [6, 6.07) is -0.498. The fourth-order valence-electron chi connectivity index (χ4n) is 1.80. The average Bonchev–Trinajstić information content (AvgIpc) is 2.87. The van der Waals surface area contributed by atoms with E-state index in [1.165, 1.54) is 11.8 Å². The van der Waals surface area contributed by atoms with Crippen molar-refractivity contribution in [1.82, 2.24) is 25.0 Å². The van der Waals surface area contributed by atoms with Crippen molar-refractivity contribution < 1.29 is 14.6 Å². The van der Waals surface area contributed by atoms with Gasteiger partial charge in [0.15, 0.2) is 6.04 Å². The molecule has 8 nitrogen and oxygen atoms in total. The smallest absolute Gasteiger partial charge is 0.328 e. The number of aliphatic carboxylic acids is 1. The highest BCUT2D eigenvalue weighted by atomic mass is 16.5. The number of carbonyl (C=O) groups is 1. The summed E-state index contributed by atoms with van der Waals surface area (Å²) in [6.45, 7) is 3.63. The van der Waals surface area contributed by atoms with Gasteiger partial charge in [-0.25, -0.2) is 19.4 Å². The van der Waals surface area contributed by atoms with Crippen LogP contribution < -0.4 is 4.74 Å². The number of methoxy groups -OCH3 is 1. The molecule has 1 atom stereocenters. The molecule has 20 heavy (non-hydrogen) atoms. The Labute approximate surface area is 115 Å². The van der Waals surface area contributed by atoms with Crippen molar-refractivity contribution in [2.75, 3.05) is 7.11 Å². The molecule has 106 valence electrons. The summed E-state index contributed by atoms with van der Waals surface area (Å²) < 4.78 is 6.21. The Morgan fingerprint density at radius 2 is 2.00 bits per heavy atom. The first-order valence-corrected chi connectivity index (χ1v) is 6.04. The minimum atomic E-state index is -0.942. The first-order valence-electron chi connectivity index (χ1n) is 6.04. The van der Waals surface area contributed by atoms with Crippen LogP contribution in [0.1, 0.15) is 19.9 Å². The number of rotatable bonds is 5. The van der Waals surface area contributed by atoms with Crippen LogP contribution in [-0.2, 0) is 4.79 Å². The van der Waals surface area contributed by atoms with Gasteiger partial charge in [-0.2, -0.15) is 0 Å². The Bertz CT molecular complexity index is 593. The molecule has 0 aromatic carbocycles. The predicted molar refractivity (Wildman–Crippen MR) is 69.1 cm³/mol. The lowest BCUT2D eigenvalue weighted by Gasteiger charge is -2.15. The maximum absolute atomic E-state index is 11.2. The number of aromatic nitrogens is 5. The molecule has 8 heteroatoms. The summed E-state index contributed by atoms with van der Waals surface area (Å²) in [5.74, 6) is -1.04. The summed E-state index contributed by atoms with van der Waals surface area (Å²) in [5, 5.41) is 17.0. The SMILES string of the molecule is COc1ncc(-c2cn(C(C(=O)O)C(C)C)nn2)cn1. The lowest BCUT2D eigenvalue weighted by molar-refractivity contribution is -0.142. The van der Waals surface area contributed by atoms with E-state index in [9.17, 15) is 9.90 Å². The molecule has 0 saturated carbocycles. The van der Waals surface area contributed by atoms with E-state index in [2.05, 4.69) is 20.3 Å². The first-order chi connectivity index (χ1) is 9.52. The maximum Gasteiger partial charge on any atom is 0.328 e. The topological polar surface area (TPSA) is 103 Å². The highest BCUT2D eigenvalue weighted by Gasteiger charge is 2.25. The Balaban J connectivity index is 2.29. The van der Waals surface area contributed by atoms with E-state index in [1.807, 2.05) is 13.8 Å². The van der Waals surface area contributed by atoms with Gasteiger partial charge in [-0.15, -0.1) is 5.10 Å². The average molecular weight is 277 g/mol. The van der Waals surface area contributed by atoms with Gasteiger partial charge in [0.25, 0.3) is 0 Å². The largest absolute Gasteiger partial charge is 0.480 e. The number of hydrogen-bond acceptors (Lipinski definition) is 6. The quantitative estimate of drug-likeness (QED) is 0.870. The Morgan fingerprint density at radius 3 is 2.50 bits per heavy atom. The van der Waals surface area contributed by atoms with Crippen LogP contribution in [0, 0.1) is 5.92 Å². The molecule has 0 aliphatic heterocycles. The summed E-state index contributed by atoms with van der Waals surface area (Å²) in [7, 11) is 1.48. The van der Waals surface area contributed by atoms with Gasteiger partial charge in [-0.1, -0.05) is 19.1 Å². The molecular weight excluding hydrogens is 262 g/mol. The molecule has 0 amide bonds. The first kappa shape index (κ1) is 13.9. The summed E-state index contributed by atoms with van der Waals surface area (Å²) in [5.41, 5.74) is 1.16. The third-order valence-corrected chi connectivity index (χ3v) is 2.79. The van der Waals surface area contributed by atoms with E-state index >= 15 is 0 Å². The lowest BCUT2D eigenvalue weighted by Crippen LogP contribution is -2.24. The summed E-state index contributed by atoms with van der Waals surface area (Å²) in [6.07, 6.45) is 4.67. The second kappa shape index (κ2) is 5.64. The molecule has 0 aliphatic rings. The van der Waals surface area contributed by atoms with E-state index in [0.717, 1.165) is 0 Å². The van der Waals surface area contributed by atoms with E-state index in [4.69, 9.17) is 4.74 Å². The standard InChI is InChI=1S/C12H15N5O3/c1-7(2)10(11(18)19)17-6-9(15-16-17)8-4-13-12(20-3)14-5-8/h4-7,10H,1-3H3,(H,18,19). The fraction of sp³-hybridized carbons (Fsp3) is 0.417. The zero-order valence-electron chi connectivity index (χ0n) is 11.4. The number of carboxylic acid groups (broad SMARTS) is 1. The molecule has 0 fully saturated rings. The number of ether oxygens (including phenoxy) is 1. The molecule has 1 unspecified atom stereocenters. The van der Waals surface area contributed by atoms with Crippen LogP contribution >= 0.6 is 0 Å². The van der Waals surface area contributed by atoms with Crippen LogP contribution in [0.4, 0.5) is 0 Å². The molecule has 0 radical (unpaired) electrons. The van der Waals surface area contributed by atoms with Gasteiger partial charge in [-0.05, 0) is 5.92 Å². The molecule has 2 aromatic rings. The van der Waals surface area contributed by atoms with E-state index < -0.39 is 12.0 Å². The summed E-state index contributed by atoms with van der Waals surface area (Å²) in [4.78, 5) is 19.2. The van der Waals surface area contributed by atoms with Gasteiger partial charge >= 0.3 is 12.0 Å². The molecule has 0 bridgehead atoms. The van der Waals surface area contributed by atoms with Gasteiger partial charge in [-0.3, -0.25) is 0 Å². The third-order valence-electron chi connectivity index (χ3n) is 2.79. The van der Waals surface area contributed by atoms with Gasteiger partial charge in [0.1, 0.15) is 5.69 Å². The third kappa shape index (κ3) is 2.73. The number of carboxylic acids is 1. The van der Waals surface area contributed by atoms with Gasteiger partial charge in [0.2, 0.25) is 0 Å². The van der Waals surface area contributed by atoms with E-state index in [0.29, 0.717) is 11.3 Å². The lowest BCUT2D eigenvalue weighted by atomic mass is 10.1. The molecule has 0 saturated heterocycles. The molecular formula is C12H15N5O3. The van der Waals surface area contributed by atoms with Crippen molar-refractivity contribution in [3.63, 3.8) is 0 Å². The van der Waals surface area contributed by atoms with Crippen molar-refractivity contribution in [2.45, 2.75) is 19.9 Å². The molecule has 2 rings (SSSR count). The molecule has 0 aliphatic carbocycles. The van der Waals surface area contributed by atoms with Crippen LogP contribution in [0.15, 0.2) is 18.6 Å². The van der Waals surface area contributed by atoms with Crippen molar-refractivity contribution in [2.24, 2.45) is 5.92 Å². The fourth-order valence-corrected chi connectivity index (χ4v) is 1.80. The monoisotopic (exact) mass is 277 g/mol. The van der Waals surface area contributed by atoms with Crippen LogP contribution in [-0.4, -0.2) is 43.1 Å². The zero-order valence-corrected chi connectivity index (χ0v) is 11.4. The molecule has 2 heterocycles. The second-order valence-electron chi connectivity index (χ2n) is 4.57. The van der Waals surface area contributed by atoms with Crippen molar-refractivity contribution >= 4 is 5.97 Å². The van der Waals surface area contributed by atoms with Crippen molar-refractivity contribution in [3.05, 3.63) is 18.6 Å². The molecule has 2 aromatic heterocycles. The van der Waals surface area contributed by atoms with E-state index in [-0.39, 0.29) is 11.9 Å². The van der Waals surface area contributed by atoms with Gasteiger partial charge in [0.05, 0.1) is 13.3 Å². The molecule has 1 N–H and O–H groups in total. The second-order valence-corrected chi connectivity index (χ2v) is 4.57. The minimum absolute atomic E-state index is 0.103. The van der Waals surface area contributed by atoms with Crippen LogP contribution in [0.5, 0.6) is 6.01 Å². The Kier molecular flexibility index (Phi) is 3.92. The van der Waals surface area contributed by atoms with Crippen molar-refractivity contribution in [3.8, 4) is 17.3 Å². The van der Waals surface area contributed by atoms with E-state index in [1.54, 1.807) is 18.6 Å². The Morgan fingerprint density at radius 1 is 1.35 bits per heavy atom. The maximum atomic E-state index is 11.2. The van der Waals surface area contributed by atoms with Crippen LogP contribution in [0.2, 0.25) is 0 Å². The number of nitrogens with zero attached hydrogens (tertiary/aromatic N) is 5. The van der Waals surface area contributed by atoms with Gasteiger partial charge < -0.3 is 9.84 Å². The highest BCUT2D eigenvalue weighted by molar-refractivity contribution is 5.72. The van der Waals surface area contributed by atoms with Crippen LogP contribution in [0.25, 0.3) is 11.3 Å². The molecule has 0 spiro atoms. The summed E-state index contributed by atoms with van der Waals surface area (Å²) >= 11 is 0. The Hall–Kier alpha value is -2.51. The normalized spacial score (nSPS) is 12.4. The highest BCUT2D eigenvalue weighted by Crippen LogP contribution is 2.21. The minimum Gasteiger partial charge on any atom is -0.480 e.